The van der Waals surface area contributed by atoms with Gasteiger partial charge in [-0.15, -0.1) is 0 Å². The van der Waals surface area contributed by atoms with Gasteiger partial charge in [-0.3, -0.25) is 0 Å². The third-order valence-electron chi connectivity index (χ3n) is 4.62. The molecule has 1 aromatic heterocycles. The molecule has 4 nitrogen and oxygen atoms in total. The summed E-state index contributed by atoms with van der Waals surface area (Å²) in [5.74, 6) is 0.758. The molecule has 0 amide bonds. The van der Waals surface area contributed by atoms with Crippen LogP contribution in [-0.2, 0) is 6.42 Å². The van der Waals surface area contributed by atoms with E-state index in [0.717, 1.165) is 6.42 Å². The summed E-state index contributed by atoms with van der Waals surface area (Å²) in [5, 5.41) is 10.2. The van der Waals surface area contributed by atoms with Crippen LogP contribution >= 0.6 is 0 Å². The lowest BCUT2D eigenvalue weighted by Crippen LogP contribution is -1.92. The normalized spacial score (nSPS) is 10.9. The van der Waals surface area contributed by atoms with Crippen LogP contribution in [0.1, 0.15) is 76.7 Å². The molecule has 0 saturated heterocycles. The molecule has 4 heteroatoms. The first-order chi connectivity index (χ1) is 12.3. The molecule has 2 rings (SSSR count). The van der Waals surface area contributed by atoms with Gasteiger partial charge in [0, 0.05) is 0 Å². The third-order valence-corrected chi connectivity index (χ3v) is 4.62. The fourth-order valence-electron chi connectivity index (χ4n) is 3.12. The van der Waals surface area contributed by atoms with Crippen LogP contribution in [0, 0.1) is 0 Å². The predicted molar refractivity (Wildman–Crippen MR) is 102 cm³/mol. The Bertz CT molecular complexity index is 601. The maximum atomic E-state index is 10.2. The predicted octanol–water partition coefficient (Wildman–Crippen LogP) is 5.71. The van der Waals surface area contributed by atoms with E-state index >= 15 is 0 Å². The monoisotopic (exact) mass is 341 g/mol. The molecule has 1 heterocycles. The molecule has 0 aliphatic rings. The van der Waals surface area contributed by atoms with Crippen LogP contribution in [0.3, 0.4) is 0 Å². The van der Waals surface area contributed by atoms with Crippen LogP contribution in [0.15, 0.2) is 30.9 Å². The van der Waals surface area contributed by atoms with Crippen molar-refractivity contribution in [2.75, 3.05) is 0 Å². The number of aryl methyl sites for hydroxylation is 1. The van der Waals surface area contributed by atoms with Crippen molar-refractivity contribution in [1.82, 2.24) is 15.0 Å². The van der Waals surface area contributed by atoms with Gasteiger partial charge in [0.25, 0.3) is 0 Å². The summed E-state index contributed by atoms with van der Waals surface area (Å²) in [4.78, 5) is 12.0. The van der Waals surface area contributed by atoms with E-state index in [9.17, 15) is 5.11 Å². The smallest absolute Gasteiger partial charge is 0.166 e. The molecule has 1 N–H and O–H groups in total. The number of nitrogens with zero attached hydrogens (tertiary/aromatic N) is 3. The summed E-state index contributed by atoms with van der Waals surface area (Å²) >= 11 is 0. The highest BCUT2D eigenvalue weighted by molar-refractivity contribution is 5.63. The number of aromatic nitrogens is 3. The van der Waals surface area contributed by atoms with Crippen molar-refractivity contribution >= 4 is 0 Å². The first-order valence-corrected chi connectivity index (χ1v) is 9.75. The van der Waals surface area contributed by atoms with Gasteiger partial charge in [-0.25, -0.2) is 15.0 Å². The van der Waals surface area contributed by atoms with Crippen molar-refractivity contribution in [1.29, 1.82) is 0 Å². The molecule has 0 spiro atoms. The quantitative estimate of drug-likeness (QED) is 0.502. The average Bonchev–Trinajstić information content (AvgIpc) is 2.64. The zero-order chi connectivity index (χ0) is 17.7. The van der Waals surface area contributed by atoms with Crippen molar-refractivity contribution in [2.45, 2.75) is 77.6 Å². The Morgan fingerprint density at radius 2 is 1.40 bits per heavy atom. The number of phenolic OH excluding ortho intramolecular Hbond substituents is 1. The maximum Gasteiger partial charge on any atom is 0.166 e. The van der Waals surface area contributed by atoms with Crippen molar-refractivity contribution in [3.63, 3.8) is 0 Å². The van der Waals surface area contributed by atoms with Gasteiger partial charge in [-0.1, -0.05) is 70.8 Å². The Kier molecular flexibility index (Phi) is 8.95. The zero-order valence-corrected chi connectivity index (χ0v) is 15.5. The zero-order valence-electron chi connectivity index (χ0n) is 15.5. The van der Waals surface area contributed by atoms with E-state index in [-0.39, 0.29) is 5.75 Å². The number of aromatic hydroxyl groups is 1. The van der Waals surface area contributed by atoms with Gasteiger partial charge in [-0.05, 0) is 30.5 Å². The molecule has 0 saturated carbocycles. The Morgan fingerprint density at radius 1 is 0.800 bits per heavy atom. The minimum absolute atomic E-state index is 0.246. The van der Waals surface area contributed by atoms with E-state index in [1.165, 1.54) is 82.4 Å². The Labute approximate surface area is 151 Å². The van der Waals surface area contributed by atoms with Gasteiger partial charge in [0.2, 0.25) is 0 Å². The lowest BCUT2D eigenvalue weighted by Gasteiger charge is -2.06. The van der Waals surface area contributed by atoms with E-state index in [1.54, 1.807) is 0 Å². The SMILES string of the molecule is CCCCCCCCCCCCc1ccc(-c2ncncn2)c(O)c1. The summed E-state index contributed by atoms with van der Waals surface area (Å²) in [7, 11) is 0. The van der Waals surface area contributed by atoms with Gasteiger partial charge in [0.1, 0.15) is 18.4 Å². The number of hydrogen-bond donors (Lipinski definition) is 1. The molecule has 0 fully saturated rings. The standard InChI is InChI=1S/C21H31N3O/c1-2-3-4-5-6-7-8-9-10-11-12-18-13-14-19(20(25)15-18)21-23-16-22-17-24-21/h13-17,25H,2-12H2,1H3. The first-order valence-electron chi connectivity index (χ1n) is 9.75. The van der Waals surface area contributed by atoms with E-state index in [0.29, 0.717) is 11.4 Å². The summed E-state index contributed by atoms with van der Waals surface area (Å²) in [6.45, 7) is 2.26. The third kappa shape index (κ3) is 7.20. The summed E-state index contributed by atoms with van der Waals surface area (Å²) in [5.41, 5.74) is 1.84. The molecule has 0 bridgehead atoms. The summed E-state index contributed by atoms with van der Waals surface area (Å²) in [6, 6.07) is 5.80. The number of unbranched alkanes of at least 4 members (excludes halogenated alkanes) is 9. The van der Waals surface area contributed by atoms with Gasteiger partial charge in [0.05, 0.1) is 5.56 Å². The van der Waals surface area contributed by atoms with Crippen LogP contribution in [0.25, 0.3) is 11.4 Å². The number of hydrogen-bond acceptors (Lipinski definition) is 4. The number of benzene rings is 1. The van der Waals surface area contributed by atoms with Crippen molar-refractivity contribution in [3.05, 3.63) is 36.4 Å². The molecule has 0 aliphatic heterocycles. The molecule has 25 heavy (non-hydrogen) atoms. The second-order valence-corrected chi connectivity index (χ2v) is 6.75. The highest BCUT2D eigenvalue weighted by Gasteiger charge is 2.07. The molecule has 136 valence electrons. The van der Waals surface area contributed by atoms with Crippen LogP contribution in [-0.4, -0.2) is 20.1 Å². The average molecular weight is 341 g/mol. The topological polar surface area (TPSA) is 58.9 Å². The van der Waals surface area contributed by atoms with Gasteiger partial charge < -0.3 is 5.11 Å². The molecule has 1 aromatic carbocycles. The Hall–Kier alpha value is -1.97. The van der Waals surface area contributed by atoms with E-state index < -0.39 is 0 Å². The van der Waals surface area contributed by atoms with E-state index in [2.05, 4.69) is 27.9 Å². The highest BCUT2D eigenvalue weighted by Crippen LogP contribution is 2.27. The second kappa shape index (κ2) is 11.6. The largest absolute Gasteiger partial charge is 0.507 e. The minimum atomic E-state index is 0.246. The van der Waals surface area contributed by atoms with Gasteiger partial charge >= 0.3 is 0 Å². The number of rotatable bonds is 12. The van der Waals surface area contributed by atoms with E-state index in [1.807, 2.05) is 12.1 Å². The maximum absolute atomic E-state index is 10.2. The fraction of sp³-hybridized carbons (Fsp3) is 0.571. The lowest BCUT2D eigenvalue weighted by molar-refractivity contribution is 0.475. The molecule has 0 radical (unpaired) electrons. The van der Waals surface area contributed by atoms with Crippen LogP contribution < -0.4 is 0 Å². The van der Waals surface area contributed by atoms with Gasteiger partial charge in [0.15, 0.2) is 5.82 Å². The lowest BCUT2D eigenvalue weighted by atomic mass is 10.0. The molecule has 2 aromatic rings. The van der Waals surface area contributed by atoms with E-state index in [4.69, 9.17) is 0 Å². The molecular weight excluding hydrogens is 310 g/mol. The first kappa shape index (κ1) is 19.4. The Balaban J connectivity index is 1.63. The van der Waals surface area contributed by atoms with Crippen molar-refractivity contribution in [3.8, 4) is 17.1 Å². The molecule has 0 aliphatic carbocycles. The summed E-state index contributed by atoms with van der Waals surface area (Å²) < 4.78 is 0. The van der Waals surface area contributed by atoms with Crippen LogP contribution in [0.2, 0.25) is 0 Å². The Morgan fingerprint density at radius 3 is 2.00 bits per heavy atom. The second-order valence-electron chi connectivity index (χ2n) is 6.75. The molecule has 0 unspecified atom stereocenters. The summed E-state index contributed by atoms with van der Waals surface area (Å²) in [6.07, 6.45) is 17.3. The highest BCUT2D eigenvalue weighted by atomic mass is 16.3. The van der Waals surface area contributed by atoms with Crippen molar-refractivity contribution in [2.24, 2.45) is 0 Å². The van der Waals surface area contributed by atoms with Gasteiger partial charge in [-0.2, -0.15) is 0 Å². The van der Waals surface area contributed by atoms with Crippen LogP contribution in [0.5, 0.6) is 5.75 Å². The van der Waals surface area contributed by atoms with Crippen molar-refractivity contribution < 1.29 is 5.11 Å². The molecular formula is C21H31N3O. The fourth-order valence-corrected chi connectivity index (χ4v) is 3.12. The van der Waals surface area contributed by atoms with Crippen LogP contribution in [0.4, 0.5) is 0 Å². The number of phenols is 1. The molecule has 0 atom stereocenters. The minimum Gasteiger partial charge on any atom is -0.507 e.